The van der Waals surface area contributed by atoms with Crippen molar-refractivity contribution in [3.8, 4) is 0 Å². The summed E-state index contributed by atoms with van der Waals surface area (Å²) in [5.41, 5.74) is -0.456. The number of alkyl carbamates (subject to hydrolysis) is 1. The van der Waals surface area contributed by atoms with E-state index in [1.807, 2.05) is 27.7 Å². The quantitative estimate of drug-likeness (QED) is 0.819. The maximum Gasteiger partial charge on any atom is 0.407 e. The van der Waals surface area contributed by atoms with E-state index in [1.54, 1.807) is 0 Å². The van der Waals surface area contributed by atoms with E-state index < -0.39 is 5.60 Å². The summed E-state index contributed by atoms with van der Waals surface area (Å²) < 4.78 is 11.0. The van der Waals surface area contributed by atoms with Gasteiger partial charge in [0.05, 0.1) is 6.10 Å². The Morgan fingerprint density at radius 2 is 2.00 bits per heavy atom. The summed E-state index contributed by atoms with van der Waals surface area (Å²) in [4.78, 5) is 11.7. The molecule has 0 aromatic carbocycles. The van der Waals surface area contributed by atoms with Crippen molar-refractivity contribution in [1.82, 2.24) is 10.6 Å². The highest BCUT2D eigenvalue weighted by atomic mass is 16.6. The molecule has 0 aromatic rings. The molecule has 5 heteroatoms. The van der Waals surface area contributed by atoms with Crippen LogP contribution in [0.1, 0.15) is 54.4 Å². The molecular weight excluding hydrogens is 268 g/mol. The Morgan fingerprint density at radius 3 is 2.57 bits per heavy atom. The minimum Gasteiger partial charge on any atom is -0.444 e. The second kappa shape index (κ2) is 7.99. The van der Waals surface area contributed by atoms with Crippen molar-refractivity contribution in [2.75, 3.05) is 13.2 Å². The van der Waals surface area contributed by atoms with Gasteiger partial charge in [0, 0.05) is 25.2 Å². The van der Waals surface area contributed by atoms with Crippen molar-refractivity contribution < 1.29 is 14.3 Å². The van der Waals surface area contributed by atoms with Gasteiger partial charge in [-0.1, -0.05) is 13.8 Å². The van der Waals surface area contributed by atoms with Crippen LogP contribution in [0.4, 0.5) is 4.79 Å². The molecule has 3 unspecified atom stereocenters. The number of carbonyl (C=O) groups is 1. The van der Waals surface area contributed by atoms with Crippen molar-refractivity contribution in [3.05, 3.63) is 0 Å². The van der Waals surface area contributed by atoms with Crippen LogP contribution < -0.4 is 10.6 Å². The lowest BCUT2D eigenvalue weighted by atomic mass is 9.95. The molecule has 1 aliphatic rings. The fraction of sp³-hybridized carbons (Fsp3) is 0.938. The van der Waals surface area contributed by atoms with Crippen LogP contribution in [0.5, 0.6) is 0 Å². The predicted octanol–water partition coefficient (Wildman–Crippen LogP) is 2.69. The van der Waals surface area contributed by atoms with Crippen molar-refractivity contribution >= 4 is 6.09 Å². The minimum atomic E-state index is -0.456. The summed E-state index contributed by atoms with van der Waals surface area (Å²) >= 11 is 0. The molecule has 0 aromatic heterocycles. The molecule has 1 heterocycles. The highest BCUT2D eigenvalue weighted by molar-refractivity contribution is 5.68. The second-order valence-corrected chi connectivity index (χ2v) is 7.33. The van der Waals surface area contributed by atoms with Crippen LogP contribution in [-0.2, 0) is 9.47 Å². The van der Waals surface area contributed by atoms with Crippen LogP contribution in [0, 0.1) is 5.92 Å². The molecular formula is C16H32N2O3. The zero-order chi connectivity index (χ0) is 16.0. The molecule has 1 amide bonds. The van der Waals surface area contributed by atoms with Crippen molar-refractivity contribution in [2.24, 2.45) is 5.92 Å². The lowest BCUT2D eigenvalue weighted by Gasteiger charge is -2.33. The van der Waals surface area contributed by atoms with Gasteiger partial charge in [-0.3, -0.25) is 0 Å². The largest absolute Gasteiger partial charge is 0.444 e. The van der Waals surface area contributed by atoms with Crippen LogP contribution in [0.25, 0.3) is 0 Å². The Morgan fingerprint density at radius 1 is 1.33 bits per heavy atom. The first-order valence-corrected chi connectivity index (χ1v) is 8.02. The predicted molar refractivity (Wildman–Crippen MR) is 84.4 cm³/mol. The molecule has 1 rings (SSSR count). The Labute approximate surface area is 129 Å². The first kappa shape index (κ1) is 18.2. The van der Waals surface area contributed by atoms with E-state index >= 15 is 0 Å². The molecule has 2 N–H and O–H groups in total. The summed E-state index contributed by atoms with van der Waals surface area (Å²) in [5, 5.41) is 6.38. The van der Waals surface area contributed by atoms with Gasteiger partial charge < -0.3 is 20.1 Å². The number of nitrogens with one attached hydrogen (secondary N) is 2. The molecule has 5 nitrogen and oxygen atoms in total. The number of hydrogen-bond donors (Lipinski definition) is 2. The van der Waals surface area contributed by atoms with Crippen LogP contribution >= 0.6 is 0 Å². The standard InChI is InChI=1S/C16H32N2O3/c1-11(2)14-9-13(7-8-20-14)17-10-12(3)18-15(19)21-16(4,5)6/h11-14,17H,7-10H2,1-6H3,(H,18,19). The fourth-order valence-corrected chi connectivity index (χ4v) is 2.38. The molecule has 0 spiro atoms. The van der Waals surface area contributed by atoms with Crippen LogP contribution in [0.3, 0.4) is 0 Å². The molecule has 124 valence electrons. The molecule has 0 bridgehead atoms. The third-order valence-electron chi connectivity index (χ3n) is 3.53. The monoisotopic (exact) mass is 300 g/mol. The average Bonchev–Trinajstić information content (AvgIpc) is 2.34. The van der Waals surface area contributed by atoms with Crippen LogP contribution in [0.2, 0.25) is 0 Å². The summed E-state index contributed by atoms with van der Waals surface area (Å²) in [7, 11) is 0. The normalized spacial score (nSPS) is 24.7. The van der Waals surface area contributed by atoms with Gasteiger partial charge in [0.2, 0.25) is 0 Å². The Kier molecular flexibility index (Phi) is 6.94. The first-order chi connectivity index (χ1) is 9.67. The molecule has 0 aliphatic carbocycles. The summed E-state index contributed by atoms with van der Waals surface area (Å²) in [6.45, 7) is 13.5. The first-order valence-electron chi connectivity index (χ1n) is 8.02. The van der Waals surface area contributed by atoms with Crippen LogP contribution in [0.15, 0.2) is 0 Å². The number of amides is 1. The summed E-state index contributed by atoms with van der Waals surface area (Å²) in [6, 6.07) is 0.509. The molecule has 0 saturated carbocycles. The Balaban J connectivity index is 2.26. The van der Waals surface area contributed by atoms with Crippen molar-refractivity contribution in [3.63, 3.8) is 0 Å². The lowest BCUT2D eigenvalue weighted by Crippen LogP contribution is -2.47. The van der Waals surface area contributed by atoms with Crippen molar-refractivity contribution in [2.45, 2.75) is 78.2 Å². The maximum atomic E-state index is 11.7. The molecule has 1 aliphatic heterocycles. The molecule has 3 atom stereocenters. The lowest BCUT2D eigenvalue weighted by molar-refractivity contribution is -0.0245. The van der Waals surface area contributed by atoms with Gasteiger partial charge in [-0.25, -0.2) is 4.79 Å². The highest BCUT2D eigenvalue weighted by Gasteiger charge is 2.25. The van der Waals surface area contributed by atoms with E-state index in [-0.39, 0.29) is 12.1 Å². The highest BCUT2D eigenvalue weighted by Crippen LogP contribution is 2.20. The van der Waals surface area contributed by atoms with E-state index in [2.05, 4.69) is 24.5 Å². The van der Waals surface area contributed by atoms with E-state index in [0.29, 0.717) is 18.1 Å². The van der Waals surface area contributed by atoms with Gasteiger partial charge in [-0.2, -0.15) is 0 Å². The van der Waals surface area contributed by atoms with Gasteiger partial charge in [-0.05, 0) is 46.5 Å². The SMILES string of the molecule is CC(CNC1CCOC(C(C)C)C1)NC(=O)OC(C)(C)C. The average molecular weight is 300 g/mol. The van der Waals surface area contributed by atoms with Gasteiger partial charge in [0.25, 0.3) is 0 Å². The smallest absolute Gasteiger partial charge is 0.407 e. The number of rotatable bonds is 5. The van der Waals surface area contributed by atoms with Crippen LogP contribution in [-0.4, -0.2) is 43.0 Å². The minimum absolute atomic E-state index is 0.0418. The second-order valence-electron chi connectivity index (χ2n) is 7.33. The number of ether oxygens (including phenoxy) is 2. The zero-order valence-corrected chi connectivity index (χ0v) is 14.4. The third kappa shape index (κ3) is 7.67. The van der Waals surface area contributed by atoms with E-state index in [0.717, 1.165) is 26.0 Å². The zero-order valence-electron chi connectivity index (χ0n) is 14.4. The van der Waals surface area contributed by atoms with Gasteiger partial charge in [-0.15, -0.1) is 0 Å². The summed E-state index contributed by atoms with van der Waals surface area (Å²) in [6.07, 6.45) is 2.05. The molecule has 1 fully saturated rings. The van der Waals surface area contributed by atoms with Crippen molar-refractivity contribution in [1.29, 1.82) is 0 Å². The fourth-order valence-electron chi connectivity index (χ4n) is 2.38. The maximum absolute atomic E-state index is 11.7. The molecule has 21 heavy (non-hydrogen) atoms. The Hall–Kier alpha value is -0.810. The number of hydrogen-bond acceptors (Lipinski definition) is 4. The molecule has 0 radical (unpaired) electrons. The van der Waals surface area contributed by atoms with E-state index in [9.17, 15) is 4.79 Å². The van der Waals surface area contributed by atoms with Gasteiger partial charge >= 0.3 is 6.09 Å². The number of carbonyl (C=O) groups excluding carboxylic acids is 1. The van der Waals surface area contributed by atoms with Gasteiger partial charge in [0.15, 0.2) is 0 Å². The van der Waals surface area contributed by atoms with E-state index in [4.69, 9.17) is 9.47 Å². The molecule has 1 saturated heterocycles. The Bertz CT molecular complexity index is 326. The summed E-state index contributed by atoms with van der Waals surface area (Å²) in [5.74, 6) is 0.548. The van der Waals surface area contributed by atoms with Gasteiger partial charge in [0.1, 0.15) is 5.60 Å². The van der Waals surface area contributed by atoms with E-state index in [1.165, 1.54) is 0 Å². The third-order valence-corrected chi connectivity index (χ3v) is 3.53. The topological polar surface area (TPSA) is 59.6 Å².